The van der Waals surface area contributed by atoms with E-state index in [1.807, 2.05) is 17.5 Å². The monoisotopic (exact) mass is 460 g/mol. The van der Waals surface area contributed by atoms with Crippen molar-refractivity contribution in [2.45, 2.75) is 24.4 Å². The first kappa shape index (κ1) is 21.3. The molecule has 0 saturated carbocycles. The number of rotatable bonds is 7. The van der Waals surface area contributed by atoms with Crippen LogP contribution in [0.1, 0.15) is 10.4 Å². The van der Waals surface area contributed by atoms with Gasteiger partial charge in [0.25, 0.3) is 5.91 Å². The van der Waals surface area contributed by atoms with Crippen molar-refractivity contribution < 1.29 is 29.0 Å². The third-order valence-electron chi connectivity index (χ3n) is 4.90. The molecule has 4 rings (SSSR count). The van der Waals surface area contributed by atoms with Gasteiger partial charge in [-0.15, -0.1) is 23.1 Å². The Hall–Kier alpha value is -2.98. The maximum absolute atomic E-state index is 12.7. The fourth-order valence-electron chi connectivity index (χ4n) is 3.33. The number of carbonyl (C=O) groups excluding carboxylic acids is 3. The molecule has 3 heterocycles. The molecule has 1 saturated heterocycles. The zero-order chi connectivity index (χ0) is 22.0. The minimum atomic E-state index is -0.782. The van der Waals surface area contributed by atoms with Crippen LogP contribution in [0.3, 0.4) is 0 Å². The molecule has 2 aromatic rings. The van der Waals surface area contributed by atoms with Gasteiger partial charge in [0, 0.05) is 4.88 Å². The quantitative estimate of drug-likeness (QED) is 0.482. The lowest BCUT2D eigenvalue weighted by atomic mass is 10.0. The van der Waals surface area contributed by atoms with Crippen molar-refractivity contribution in [3.8, 4) is 5.75 Å². The van der Waals surface area contributed by atoms with E-state index in [0.717, 1.165) is 10.4 Å². The highest BCUT2D eigenvalue weighted by Crippen LogP contribution is 2.40. The topological polar surface area (TPSA) is 105 Å². The minimum absolute atomic E-state index is 0.0135. The Balaban J connectivity index is 1.38. The van der Waals surface area contributed by atoms with Gasteiger partial charge >= 0.3 is 5.97 Å². The molecule has 162 valence electrons. The summed E-state index contributed by atoms with van der Waals surface area (Å²) in [6.45, 7) is -0.0135. The molecule has 1 aromatic heterocycles. The molecular formula is C21H20N2O6S2. The van der Waals surface area contributed by atoms with Gasteiger partial charge in [-0.2, -0.15) is 0 Å². The third kappa shape index (κ3) is 4.40. The molecule has 1 unspecified atom stereocenters. The number of aliphatic hydroxyl groups excluding tert-OH is 1. The van der Waals surface area contributed by atoms with Crippen LogP contribution in [0.2, 0.25) is 0 Å². The van der Waals surface area contributed by atoms with Gasteiger partial charge in [0.15, 0.2) is 5.70 Å². The van der Waals surface area contributed by atoms with Gasteiger partial charge in [-0.1, -0.05) is 18.2 Å². The zero-order valence-corrected chi connectivity index (χ0v) is 18.2. The SMILES string of the molecule is COc1ccc(COC(=O)C2=C(O)CS[C@@H]3C(NC(=O)Cc4cccs4)C(=O)N23)cc1. The van der Waals surface area contributed by atoms with Gasteiger partial charge in [-0.05, 0) is 29.1 Å². The average molecular weight is 461 g/mol. The van der Waals surface area contributed by atoms with Crippen LogP contribution in [0.15, 0.2) is 53.2 Å². The van der Waals surface area contributed by atoms with Crippen molar-refractivity contribution in [3.05, 3.63) is 63.7 Å². The van der Waals surface area contributed by atoms with Crippen molar-refractivity contribution in [2.75, 3.05) is 12.9 Å². The van der Waals surface area contributed by atoms with E-state index >= 15 is 0 Å². The molecule has 2 aliphatic heterocycles. The highest BCUT2D eigenvalue weighted by atomic mass is 32.2. The molecule has 2 aliphatic rings. The fourth-order valence-corrected chi connectivity index (χ4v) is 5.23. The molecule has 1 aromatic carbocycles. The second-order valence-electron chi connectivity index (χ2n) is 6.93. The van der Waals surface area contributed by atoms with E-state index in [-0.39, 0.29) is 36.1 Å². The number of ether oxygens (including phenoxy) is 2. The number of hydrogen-bond acceptors (Lipinski definition) is 8. The van der Waals surface area contributed by atoms with Gasteiger partial charge < -0.3 is 19.9 Å². The first-order valence-electron chi connectivity index (χ1n) is 9.46. The molecule has 2 atom stereocenters. The summed E-state index contributed by atoms with van der Waals surface area (Å²) in [7, 11) is 1.56. The van der Waals surface area contributed by atoms with Gasteiger partial charge in [0.05, 0.1) is 19.3 Å². The highest BCUT2D eigenvalue weighted by Gasteiger charge is 2.54. The smallest absolute Gasteiger partial charge is 0.358 e. The molecule has 10 heteroatoms. The Kier molecular flexibility index (Phi) is 6.19. The number of methoxy groups -OCH3 is 1. The molecule has 0 radical (unpaired) electrons. The molecule has 8 nitrogen and oxygen atoms in total. The van der Waals surface area contributed by atoms with Gasteiger partial charge in [0.1, 0.15) is 29.5 Å². The first-order valence-corrected chi connectivity index (χ1v) is 11.4. The highest BCUT2D eigenvalue weighted by molar-refractivity contribution is 8.00. The maximum atomic E-state index is 12.7. The third-order valence-corrected chi connectivity index (χ3v) is 7.04. The van der Waals surface area contributed by atoms with Crippen molar-refractivity contribution in [3.63, 3.8) is 0 Å². The summed E-state index contributed by atoms with van der Waals surface area (Å²) in [6.07, 6.45) is 0.191. The van der Waals surface area contributed by atoms with E-state index in [4.69, 9.17) is 9.47 Å². The average Bonchev–Trinajstić information content (AvgIpc) is 3.29. The Labute approximate surface area is 186 Å². The number of hydrogen-bond donors (Lipinski definition) is 2. The minimum Gasteiger partial charge on any atom is -0.509 e. The molecule has 2 N–H and O–H groups in total. The van der Waals surface area contributed by atoms with Gasteiger partial charge in [-0.3, -0.25) is 14.5 Å². The van der Waals surface area contributed by atoms with Gasteiger partial charge in [0.2, 0.25) is 5.91 Å². The molecule has 0 bridgehead atoms. The number of aliphatic hydroxyl groups is 1. The molecule has 1 fully saturated rings. The molecule has 31 heavy (non-hydrogen) atoms. The number of esters is 1. The van der Waals surface area contributed by atoms with Crippen molar-refractivity contribution in [1.82, 2.24) is 10.2 Å². The van der Waals surface area contributed by atoms with Crippen LogP contribution in [-0.2, 0) is 32.1 Å². The first-order chi connectivity index (χ1) is 15.0. The van der Waals surface area contributed by atoms with Gasteiger partial charge in [-0.25, -0.2) is 4.79 Å². The standard InChI is InChI=1S/C21H20N2O6S2/c1-28-13-6-4-12(5-7-13)10-29-21(27)18-15(24)11-31-20-17(19(26)23(18)20)22-16(25)9-14-3-2-8-30-14/h2-8,17,20,24H,9-11H2,1H3,(H,22,25)/t17?,20-/m1/s1. The summed E-state index contributed by atoms with van der Waals surface area (Å²) < 4.78 is 10.4. The van der Waals surface area contributed by atoms with Crippen LogP contribution in [0.5, 0.6) is 5.75 Å². The normalized spacial score (nSPS) is 20.0. The number of carbonyl (C=O) groups is 3. The van der Waals surface area contributed by atoms with E-state index in [2.05, 4.69) is 5.32 Å². The summed E-state index contributed by atoms with van der Waals surface area (Å²) in [5.74, 6) is -0.865. The Bertz CT molecular complexity index is 1020. The largest absolute Gasteiger partial charge is 0.509 e. The van der Waals surface area contributed by atoms with E-state index < -0.39 is 23.3 Å². The molecule has 0 aliphatic carbocycles. The van der Waals surface area contributed by atoms with Crippen molar-refractivity contribution >= 4 is 40.9 Å². The van der Waals surface area contributed by atoms with Crippen LogP contribution in [0, 0.1) is 0 Å². The Morgan fingerprint density at radius 1 is 1.26 bits per heavy atom. The number of nitrogens with zero attached hydrogens (tertiary/aromatic N) is 1. The number of thiophene rings is 1. The number of amides is 2. The number of nitrogens with one attached hydrogen (secondary N) is 1. The van der Waals surface area contributed by atoms with E-state index in [0.29, 0.717) is 5.75 Å². The number of β-lactam (4-membered cyclic amide) rings is 1. The van der Waals surface area contributed by atoms with E-state index in [1.165, 1.54) is 28.0 Å². The Morgan fingerprint density at radius 3 is 2.71 bits per heavy atom. The van der Waals surface area contributed by atoms with E-state index in [1.54, 1.807) is 31.4 Å². The summed E-state index contributed by atoms with van der Waals surface area (Å²) in [5, 5.41) is 14.4. The number of benzene rings is 1. The zero-order valence-electron chi connectivity index (χ0n) is 16.6. The van der Waals surface area contributed by atoms with Crippen molar-refractivity contribution in [2.24, 2.45) is 0 Å². The maximum Gasteiger partial charge on any atom is 0.358 e. The lowest BCUT2D eigenvalue weighted by Gasteiger charge is -2.48. The summed E-state index contributed by atoms with van der Waals surface area (Å²) >= 11 is 2.75. The van der Waals surface area contributed by atoms with Crippen molar-refractivity contribution in [1.29, 1.82) is 0 Å². The van der Waals surface area contributed by atoms with Crippen LogP contribution in [-0.4, -0.2) is 52.1 Å². The second kappa shape index (κ2) is 9.03. The van der Waals surface area contributed by atoms with Crippen LogP contribution >= 0.6 is 23.1 Å². The van der Waals surface area contributed by atoms with E-state index in [9.17, 15) is 19.5 Å². The summed E-state index contributed by atoms with van der Waals surface area (Å²) in [5.41, 5.74) is 0.579. The number of thioether (sulfide) groups is 1. The predicted molar refractivity (Wildman–Crippen MR) is 115 cm³/mol. The molecule has 2 amide bonds. The lowest BCUT2D eigenvalue weighted by Crippen LogP contribution is -2.70. The number of fused-ring (bicyclic) bond motifs is 1. The van der Waals surface area contributed by atoms with Crippen LogP contribution in [0.4, 0.5) is 0 Å². The predicted octanol–water partition coefficient (Wildman–Crippen LogP) is 2.21. The molecule has 0 spiro atoms. The summed E-state index contributed by atoms with van der Waals surface area (Å²) in [6, 6.07) is 9.98. The Morgan fingerprint density at radius 2 is 2.03 bits per heavy atom. The lowest BCUT2D eigenvalue weighted by molar-refractivity contribution is -0.153. The second-order valence-corrected chi connectivity index (χ2v) is 9.07. The van der Waals surface area contributed by atoms with Crippen LogP contribution in [0.25, 0.3) is 0 Å². The summed E-state index contributed by atoms with van der Waals surface area (Å²) in [4.78, 5) is 39.7. The van der Waals surface area contributed by atoms with Crippen LogP contribution < -0.4 is 10.1 Å². The fraction of sp³-hybridized carbons (Fsp3) is 0.286. The molecular weight excluding hydrogens is 440 g/mol.